The standard InChI is InChI=1S/C11H20O/c1-8-6-7-11(5,9(2)12)10(8,3)4/h8H,6-7H2,1-5H3. The largest absolute Gasteiger partial charge is 0.299 e. The van der Waals surface area contributed by atoms with Crippen molar-refractivity contribution in [1.29, 1.82) is 0 Å². The van der Waals surface area contributed by atoms with Gasteiger partial charge in [-0.15, -0.1) is 0 Å². The predicted octanol–water partition coefficient (Wildman–Crippen LogP) is 3.04. The summed E-state index contributed by atoms with van der Waals surface area (Å²) in [4.78, 5) is 11.5. The summed E-state index contributed by atoms with van der Waals surface area (Å²) >= 11 is 0. The van der Waals surface area contributed by atoms with Gasteiger partial charge in [0.05, 0.1) is 0 Å². The minimum atomic E-state index is -0.0770. The zero-order valence-corrected chi connectivity index (χ0v) is 8.90. The number of Topliss-reactive ketones (excluding diaryl/α,β-unsaturated/α-hetero) is 1. The Hall–Kier alpha value is -0.330. The van der Waals surface area contributed by atoms with E-state index in [1.165, 1.54) is 6.42 Å². The van der Waals surface area contributed by atoms with Gasteiger partial charge in [-0.25, -0.2) is 0 Å². The Morgan fingerprint density at radius 2 is 1.83 bits per heavy atom. The van der Waals surface area contributed by atoms with E-state index in [1.54, 1.807) is 6.92 Å². The van der Waals surface area contributed by atoms with Crippen LogP contribution in [-0.4, -0.2) is 5.78 Å². The zero-order chi connectivity index (χ0) is 9.57. The molecule has 0 radical (unpaired) electrons. The van der Waals surface area contributed by atoms with Crippen molar-refractivity contribution in [2.75, 3.05) is 0 Å². The molecule has 0 bridgehead atoms. The molecule has 0 N–H and O–H groups in total. The number of hydrogen-bond acceptors (Lipinski definition) is 1. The van der Waals surface area contributed by atoms with Crippen LogP contribution in [0.25, 0.3) is 0 Å². The van der Waals surface area contributed by atoms with Crippen molar-refractivity contribution in [3.63, 3.8) is 0 Å². The van der Waals surface area contributed by atoms with Crippen LogP contribution >= 0.6 is 0 Å². The van der Waals surface area contributed by atoms with E-state index in [0.717, 1.165) is 6.42 Å². The highest BCUT2D eigenvalue weighted by Gasteiger charge is 2.52. The van der Waals surface area contributed by atoms with Crippen molar-refractivity contribution < 1.29 is 4.79 Å². The van der Waals surface area contributed by atoms with Crippen molar-refractivity contribution in [1.82, 2.24) is 0 Å². The van der Waals surface area contributed by atoms with Crippen LogP contribution < -0.4 is 0 Å². The summed E-state index contributed by atoms with van der Waals surface area (Å²) in [6.45, 7) is 10.6. The second-order valence-corrected chi connectivity index (χ2v) is 5.05. The molecule has 1 rings (SSSR count). The van der Waals surface area contributed by atoms with Gasteiger partial charge in [0.1, 0.15) is 5.78 Å². The summed E-state index contributed by atoms with van der Waals surface area (Å²) < 4.78 is 0. The van der Waals surface area contributed by atoms with Gasteiger partial charge in [-0.2, -0.15) is 0 Å². The number of hydrogen-bond donors (Lipinski definition) is 0. The van der Waals surface area contributed by atoms with E-state index in [1.807, 2.05) is 0 Å². The molecule has 0 saturated heterocycles. The van der Waals surface area contributed by atoms with Crippen molar-refractivity contribution in [2.24, 2.45) is 16.7 Å². The molecule has 1 nitrogen and oxygen atoms in total. The number of carbonyl (C=O) groups excluding carboxylic acids is 1. The first-order valence-electron chi connectivity index (χ1n) is 4.83. The highest BCUT2D eigenvalue weighted by molar-refractivity contribution is 5.83. The molecule has 0 aromatic heterocycles. The molecule has 12 heavy (non-hydrogen) atoms. The van der Waals surface area contributed by atoms with Gasteiger partial charge in [-0.1, -0.05) is 27.7 Å². The Morgan fingerprint density at radius 1 is 1.33 bits per heavy atom. The van der Waals surface area contributed by atoms with E-state index in [0.29, 0.717) is 11.7 Å². The van der Waals surface area contributed by atoms with E-state index in [4.69, 9.17) is 0 Å². The lowest BCUT2D eigenvalue weighted by Gasteiger charge is -2.38. The van der Waals surface area contributed by atoms with E-state index in [-0.39, 0.29) is 10.8 Å². The zero-order valence-electron chi connectivity index (χ0n) is 8.90. The quantitative estimate of drug-likeness (QED) is 0.588. The molecule has 2 atom stereocenters. The van der Waals surface area contributed by atoms with E-state index in [9.17, 15) is 4.79 Å². The normalized spacial score (nSPS) is 39.9. The molecular formula is C11H20O. The second-order valence-electron chi connectivity index (χ2n) is 5.05. The first-order chi connectivity index (χ1) is 5.32. The molecule has 0 spiro atoms. The minimum absolute atomic E-state index is 0.0770. The summed E-state index contributed by atoms with van der Waals surface area (Å²) in [6.07, 6.45) is 2.26. The van der Waals surface area contributed by atoms with Crippen molar-refractivity contribution in [3.05, 3.63) is 0 Å². The molecule has 70 valence electrons. The van der Waals surface area contributed by atoms with Crippen molar-refractivity contribution >= 4 is 5.78 Å². The average molecular weight is 168 g/mol. The summed E-state index contributed by atoms with van der Waals surface area (Å²) in [5.41, 5.74) is 0.102. The summed E-state index contributed by atoms with van der Waals surface area (Å²) in [5.74, 6) is 1.03. The summed E-state index contributed by atoms with van der Waals surface area (Å²) in [6, 6.07) is 0. The summed E-state index contributed by atoms with van der Waals surface area (Å²) in [5, 5.41) is 0. The molecule has 1 aliphatic carbocycles. The van der Waals surface area contributed by atoms with E-state index < -0.39 is 0 Å². The first kappa shape index (κ1) is 9.76. The third-order valence-corrected chi connectivity index (χ3v) is 4.51. The van der Waals surface area contributed by atoms with E-state index in [2.05, 4.69) is 27.7 Å². The van der Waals surface area contributed by atoms with Crippen LogP contribution in [-0.2, 0) is 4.79 Å². The first-order valence-corrected chi connectivity index (χ1v) is 4.83. The SMILES string of the molecule is CC(=O)C1(C)CCC(C)C1(C)C. The van der Waals surface area contributed by atoms with Gasteiger partial charge in [-0.05, 0) is 31.1 Å². The van der Waals surface area contributed by atoms with Gasteiger partial charge in [-0.3, -0.25) is 4.79 Å². The third kappa shape index (κ3) is 1.02. The smallest absolute Gasteiger partial charge is 0.136 e. The lowest BCUT2D eigenvalue weighted by molar-refractivity contribution is -0.131. The Morgan fingerprint density at radius 3 is 2.00 bits per heavy atom. The monoisotopic (exact) mass is 168 g/mol. The van der Waals surface area contributed by atoms with Gasteiger partial charge in [0.15, 0.2) is 0 Å². The van der Waals surface area contributed by atoms with Gasteiger partial charge in [0, 0.05) is 5.41 Å². The van der Waals surface area contributed by atoms with Gasteiger partial charge < -0.3 is 0 Å². The molecule has 0 aromatic rings. The molecule has 1 saturated carbocycles. The number of ketones is 1. The maximum atomic E-state index is 11.5. The topological polar surface area (TPSA) is 17.1 Å². The molecule has 1 fully saturated rings. The lowest BCUT2D eigenvalue weighted by Crippen LogP contribution is -2.38. The number of rotatable bonds is 1. The third-order valence-electron chi connectivity index (χ3n) is 4.51. The maximum Gasteiger partial charge on any atom is 0.136 e. The van der Waals surface area contributed by atoms with Gasteiger partial charge in [0.2, 0.25) is 0 Å². The second kappa shape index (κ2) is 2.58. The van der Waals surface area contributed by atoms with Crippen LogP contribution in [0.5, 0.6) is 0 Å². The fraction of sp³-hybridized carbons (Fsp3) is 0.909. The molecule has 0 heterocycles. The Kier molecular flexibility index (Phi) is 2.10. The summed E-state index contributed by atoms with van der Waals surface area (Å²) in [7, 11) is 0. The molecule has 1 aliphatic rings. The minimum Gasteiger partial charge on any atom is -0.299 e. The Balaban J connectivity index is 3.01. The van der Waals surface area contributed by atoms with Gasteiger partial charge in [0.25, 0.3) is 0 Å². The number of carbonyl (C=O) groups is 1. The highest BCUT2D eigenvalue weighted by atomic mass is 16.1. The average Bonchev–Trinajstić information content (AvgIpc) is 2.15. The molecule has 0 aliphatic heterocycles. The van der Waals surface area contributed by atoms with E-state index >= 15 is 0 Å². The van der Waals surface area contributed by atoms with Crippen molar-refractivity contribution in [2.45, 2.75) is 47.5 Å². The van der Waals surface area contributed by atoms with Crippen LogP contribution in [0.4, 0.5) is 0 Å². The fourth-order valence-corrected chi connectivity index (χ4v) is 2.36. The Bertz CT molecular complexity index is 205. The fourth-order valence-electron chi connectivity index (χ4n) is 2.36. The van der Waals surface area contributed by atoms with Gasteiger partial charge >= 0.3 is 0 Å². The molecule has 0 amide bonds. The highest BCUT2D eigenvalue weighted by Crippen LogP contribution is 2.55. The van der Waals surface area contributed by atoms with Crippen LogP contribution in [0.15, 0.2) is 0 Å². The van der Waals surface area contributed by atoms with Crippen molar-refractivity contribution in [3.8, 4) is 0 Å². The lowest BCUT2D eigenvalue weighted by atomic mass is 9.64. The molecule has 2 unspecified atom stereocenters. The predicted molar refractivity (Wildman–Crippen MR) is 51.0 cm³/mol. The maximum absolute atomic E-state index is 11.5. The van der Waals surface area contributed by atoms with Crippen LogP contribution in [0.3, 0.4) is 0 Å². The molecule has 1 heteroatoms. The van der Waals surface area contributed by atoms with Crippen LogP contribution in [0.1, 0.15) is 47.5 Å². The molecule has 0 aromatic carbocycles. The van der Waals surface area contributed by atoms with Crippen LogP contribution in [0, 0.1) is 16.7 Å². The Labute approximate surface area is 75.5 Å². The molecular weight excluding hydrogens is 148 g/mol. The van der Waals surface area contributed by atoms with Crippen LogP contribution in [0.2, 0.25) is 0 Å².